The van der Waals surface area contributed by atoms with Gasteiger partial charge in [0.25, 0.3) is 11.4 Å². The van der Waals surface area contributed by atoms with Gasteiger partial charge in [-0.05, 0) is 36.4 Å². The molecule has 0 heterocycles. The Morgan fingerprint density at radius 1 is 0.708 bits per heavy atom. The lowest BCUT2D eigenvalue weighted by Crippen LogP contribution is -1.97. The highest BCUT2D eigenvalue weighted by Gasteiger charge is 2.04. The van der Waals surface area contributed by atoms with Crippen molar-refractivity contribution in [3.8, 4) is 11.5 Å². The van der Waals surface area contributed by atoms with E-state index in [2.05, 4.69) is 0 Å². The van der Waals surface area contributed by atoms with E-state index in [-0.39, 0.29) is 11.4 Å². The zero-order valence-corrected chi connectivity index (χ0v) is 12.5. The molecule has 2 aromatic rings. The van der Waals surface area contributed by atoms with Crippen LogP contribution in [0.5, 0.6) is 11.5 Å². The maximum Gasteiger partial charge on any atom is 0.269 e. The van der Waals surface area contributed by atoms with E-state index in [0.29, 0.717) is 24.7 Å². The van der Waals surface area contributed by atoms with Crippen LogP contribution in [0.25, 0.3) is 0 Å². The summed E-state index contributed by atoms with van der Waals surface area (Å²) < 4.78 is 10.8. The van der Waals surface area contributed by atoms with Gasteiger partial charge in [-0.3, -0.25) is 20.2 Å². The maximum atomic E-state index is 10.5. The van der Waals surface area contributed by atoms with Crippen molar-refractivity contribution in [2.45, 2.75) is 0 Å². The van der Waals surface area contributed by atoms with Crippen molar-refractivity contribution >= 4 is 11.4 Å². The Balaban J connectivity index is 1.71. The molecule has 24 heavy (non-hydrogen) atoms. The predicted molar refractivity (Wildman–Crippen MR) is 86.3 cm³/mol. The largest absolute Gasteiger partial charge is 0.490 e. The van der Waals surface area contributed by atoms with Crippen LogP contribution in [-0.2, 0) is 0 Å². The monoisotopic (exact) mass is 330 g/mol. The van der Waals surface area contributed by atoms with E-state index in [4.69, 9.17) is 9.47 Å². The fourth-order valence-electron chi connectivity index (χ4n) is 1.75. The van der Waals surface area contributed by atoms with Crippen LogP contribution in [-0.4, -0.2) is 23.1 Å². The molecule has 2 rings (SSSR count). The Labute approximate surface area is 137 Å². The topological polar surface area (TPSA) is 105 Å². The fourth-order valence-corrected chi connectivity index (χ4v) is 1.75. The molecule has 0 aliphatic heterocycles. The van der Waals surface area contributed by atoms with Gasteiger partial charge in [-0.15, -0.1) is 0 Å². The summed E-state index contributed by atoms with van der Waals surface area (Å²) in [6.45, 7) is 0.586. The molecule has 0 atom stereocenters. The van der Waals surface area contributed by atoms with Crippen molar-refractivity contribution in [1.82, 2.24) is 0 Å². The van der Waals surface area contributed by atoms with Gasteiger partial charge < -0.3 is 9.47 Å². The lowest BCUT2D eigenvalue weighted by molar-refractivity contribution is -0.385. The molecule has 0 N–H and O–H groups in total. The van der Waals surface area contributed by atoms with Gasteiger partial charge in [-0.25, -0.2) is 0 Å². The SMILES string of the molecule is O=[N+]([O-])c1ccc(OC/C=C\COc2ccc([N+](=O)[O-])cc2)cc1. The first kappa shape index (κ1) is 16.9. The lowest BCUT2D eigenvalue weighted by Gasteiger charge is -2.03. The maximum absolute atomic E-state index is 10.5. The van der Waals surface area contributed by atoms with E-state index in [9.17, 15) is 20.2 Å². The summed E-state index contributed by atoms with van der Waals surface area (Å²) in [5.74, 6) is 1.06. The van der Waals surface area contributed by atoms with E-state index in [0.717, 1.165) is 0 Å². The van der Waals surface area contributed by atoms with E-state index in [1.807, 2.05) is 0 Å². The molecular formula is C16H14N2O6. The number of hydrogen-bond donors (Lipinski definition) is 0. The molecule has 0 aliphatic rings. The highest BCUT2D eigenvalue weighted by Crippen LogP contribution is 2.18. The Morgan fingerprint density at radius 2 is 1.04 bits per heavy atom. The smallest absolute Gasteiger partial charge is 0.269 e. The molecule has 0 aliphatic carbocycles. The van der Waals surface area contributed by atoms with Gasteiger partial charge in [-0.1, -0.05) is 0 Å². The number of nitro benzene ring substituents is 2. The van der Waals surface area contributed by atoms with E-state index in [1.165, 1.54) is 48.5 Å². The molecule has 0 aromatic heterocycles. The minimum Gasteiger partial charge on any atom is -0.490 e. The van der Waals surface area contributed by atoms with Crippen molar-refractivity contribution in [2.24, 2.45) is 0 Å². The van der Waals surface area contributed by atoms with Gasteiger partial charge in [0.15, 0.2) is 0 Å². The van der Waals surface area contributed by atoms with Crippen LogP contribution in [0.15, 0.2) is 60.7 Å². The number of benzene rings is 2. The van der Waals surface area contributed by atoms with Crippen LogP contribution in [0, 0.1) is 20.2 Å². The van der Waals surface area contributed by atoms with E-state index < -0.39 is 9.85 Å². The number of rotatable bonds is 8. The molecule has 0 unspecified atom stereocenters. The molecule has 0 amide bonds. The minimum absolute atomic E-state index is 0.00869. The standard InChI is InChI=1S/C16H14N2O6/c19-17(20)13-3-7-15(8-4-13)23-11-1-2-12-24-16-9-5-14(6-10-16)18(21)22/h1-10H,11-12H2/b2-1-. The molecule has 0 saturated carbocycles. The summed E-state index contributed by atoms with van der Waals surface area (Å²) in [6, 6.07) is 11.6. The van der Waals surface area contributed by atoms with Crippen molar-refractivity contribution in [3.63, 3.8) is 0 Å². The van der Waals surface area contributed by atoms with Gasteiger partial charge in [0.2, 0.25) is 0 Å². The Morgan fingerprint density at radius 3 is 1.33 bits per heavy atom. The number of non-ortho nitro benzene ring substituents is 2. The van der Waals surface area contributed by atoms with Crippen LogP contribution in [0.4, 0.5) is 11.4 Å². The molecule has 8 nitrogen and oxygen atoms in total. The molecule has 8 heteroatoms. The van der Waals surface area contributed by atoms with Crippen molar-refractivity contribution < 1.29 is 19.3 Å². The normalized spacial score (nSPS) is 10.5. The van der Waals surface area contributed by atoms with Crippen molar-refractivity contribution in [1.29, 1.82) is 0 Å². The summed E-state index contributed by atoms with van der Waals surface area (Å²) in [4.78, 5) is 20.1. The van der Waals surface area contributed by atoms with Gasteiger partial charge in [0.1, 0.15) is 24.7 Å². The molecular weight excluding hydrogens is 316 g/mol. The third-order valence-electron chi connectivity index (χ3n) is 2.95. The Hall–Kier alpha value is -3.42. The quantitative estimate of drug-likeness (QED) is 0.416. The zero-order valence-electron chi connectivity index (χ0n) is 12.5. The van der Waals surface area contributed by atoms with Crippen LogP contribution in [0.1, 0.15) is 0 Å². The molecule has 2 aromatic carbocycles. The third kappa shape index (κ3) is 5.09. The molecule has 0 bridgehead atoms. The Bertz CT molecular complexity index is 662. The van der Waals surface area contributed by atoms with Gasteiger partial charge >= 0.3 is 0 Å². The minimum atomic E-state index is -0.473. The molecule has 0 radical (unpaired) electrons. The van der Waals surface area contributed by atoms with Crippen LogP contribution in [0.2, 0.25) is 0 Å². The summed E-state index contributed by atoms with van der Waals surface area (Å²) >= 11 is 0. The first-order valence-corrected chi connectivity index (χ1v) is 6.96. The highest BCUT2D eigenvalue weighted by atomic mass is 16.6. The van der Waals surface area contributed by atoms with Crippen LogP contribution in [0.3, 0.4) is 0 Å². The average molecular weight is 330 g/mol. The first-order valence-electron chi connectivity index (χ1n) is 6.96. The van der Waals surface area contributed by atoms with Gasteiger partial charge in [0, 0.05) is 24.3 Å². The Kier molecular flexibility index (Phi) is 5.84. The summed E-state index contributed by atoms with van der Waals surface area (Å²) in [7, 11) is 0. The summed E-state index contributed by atoms with van der Waals surface area (Å²) in [5, 5.41) is 21.0. The van der Waals surface area contributed by atoms with E-state index in [1.54, 1.807) is 12.2 Å². The second-order valence-corrected chi connectivity index (χ2v) is 4.60. The molecule has 0 fully saturated rings. The number of ether oxygens (including phenoxy) is 2. The fraction of sp³-hybridized carbons (Fsp3) is 0.125. The van der Waals surface area contributed by atoms with E-state index >= 15 is 0 Å². The average Bonchev–Trinajstić information content (AvgIpc) is 2.58. The first-order chi connectivity index (χ1) is 11.6. The van der Waals surface area contributed by atoms with Gasteiger partial charge in [-0.2, -0.15) is 0 Å². The molecule has 124 valence electrons. The summed E-state index contributed by atoms with van der Waals surface area (Å²) in [6.07, 6.45) is 3.49. The third-order valence-corrected chi connectivity index (χ3v) is 2.95. The van der Waals surface area contributed by atoms with Crippen LogP contribution >= 0.6 is 0 Å². The number of nitrogens with zero attached hydrogens (tertiary/aromatic N) is 2. The van der Waals surface area contributed by atoms with Crippen molar-refractivity contribution in [2.75, 3.05) is 13.2 Å². The number of hydrogen-bond acceptors (Lipinski definition) is 6. The lowest BCUT2D eigenvalue weighted by atomic mass is 10.3. The number of nitro groups is 2. The second-order valence-electron chi connectivity index (χ2n) is 4.60. The van der Waals surface area contributed by atoms with Crippen molar-refractivity contribution in [3.05, 3.63) is 80.9 Å². The predicted octanol–water partition coefficient (Wildman–Crippen LogP) is 3.52. The highest BCUT2D eigenvalue weighted by molar-refractivity contribution is 5.36. The van der Waals surface area contributed by atoms with Crippen LogP contribution < -0.4 is 9.47 Å². The second kappa shape index (κ2) is 8.28. The van der Waals surface area contributed by atoms with Gasteiger partial charge in [0.05, 0.1) is 9.85 Å². The zero-order chi connectivity index (χ0) is 17.4. The molecule has 0 saturated heterocycles. The summed E-state index contributed by atoms with van der Waals surface area (Å²) in [5.41, 5.74) is 0.0174. The molecule has 0 spiro atoms.